The zero-order valence-electron chi connectivity index (χ0n) is 10.7. The van der Waals surface area contributed by atoms with Crippen LogP contribution in [0.4, 0.5) is 4.79 Å². The van der Waals surface area contributed by atoms with Gasteiger partial charge in [0, 0.05) is 5.02 Å². The predicted molar refractivity (Wildman–Crippen MR) is 73.1 cm³/mol. The number of carbonyl (C=O) groups is 2. The Morgan fingerprint density at radius 3 is 2.79 bits per heavy atom. The van der Waals surface area contributed by atoms with E-state index in [1.165, 1.54) is 6.21 Å². The Morgan fingerprint density at radius 1 is 1.47 bits per heavy atom. The second kappa shape index (κ2) is 5.01. The minimum absolute atomic E-state index is 0.349. The minimum atomic E-state index is -0.872. The standard InChI is InChI=1S/C13H14ClN3O2/c1-3-13(2)11(18)17(12(19)16-13)15-8-9-5-4-6-10(14)7-9/h4-8H,3H2,1-2H3,(H,16,19)/b15-8+. The average Bonchev–Trinajstić information content (AvgIpc) is 2.59. The van der Waals surface area contributed by atoms with E-state index in [4.69, 9.17) is 11.6 Å². The van der Waals surface area contributed by atoms with Crippen molar-refractivity contribution in [1.29, 1.82) is 0 Å². The summed E-state index contributed by atoms with van der Waals surface area (Å²) in [7, 11) is 0. The molecular formula is C13H14ClN3O2. The van der Waals surface area contributed by atoms with Crippen LogP contribution in [0.3, 0.4) is 0 Å². The largest absolute Gasteiger partial charge is 0.346 e. The molecule has 0 saturated carbocycles. The van der Waals surface area contributed by atoms with Crippen molar-refractivity contribution in [3.8, 4) is 0 Å². The maximum atomic E-state index is 12.1. The molecule has 1 aliphatic heterocycles. The fourth-order valence-electron chi connectivity index (χ4n) is 1.72. The highest BCUT2D eigenvalue weighted by Crippen LogP contribution is 2.21. The van der Waals surface area contributed by atoms with Gasteiger partial charge in [0.2, 0.25) is 0 Å². The van der Waals surface area contributed by atoms with Crippen LogP contribution in [-0.2, 0) is 4.79 Å². The Bertz CT molecular complexity index is 559. The van der Waals surface area contributed by atoms with Crippen molar-refractivity contribution in [2.24, 2.45) is 5.10 Å². The molecule has 1 aromatic carbocycles. The Hall–Kier alpha value is -1.88. The summed E-state index contributed by atoms with van der Waals surface area (Å²) in [5.74, 6) is -0.349. The lowest BCUT2D eigenvalue weighted by atomic mass is 10.00. The van der Waals surface area contributed by atoms with Gasteiger partial charge in [-0.1, -0.05) is 30.7 Å². The average molecular weight is 280 g/mol. The summed E-state index contributed by atoms with van der Waals surface area (Å²) in [6.07, 6.45) is 1.95. The van der Waals surface area contributed by atoms with Crippen molar-refractivity contribution in [3.63, 3.8) is 0 Å². The van der Waals surface area contributed by atoms with Gasteiger partial charge in [-0.2, -0.15) is 5.10 Å². The number of hydrogen-bond acceptors (Lipinski definition) is 3. The molecule has 19 heavy (non-hydrogen) atoms. The van der Waals surface area contributed by atoms with Gasteiger partial charge in [-0.25, -0.2) is 4.79 Å². The van der Waals surface area contributed by atoms with Crippen LogP contribution >= 0.6 is 11.6 Å². The number of halogens is 1. The Labute approximate surface area is 116 Å². The molecule has 1 unspecified atom stereocenters. The molecule has 1 saturated heterocycles. The monoisotopic (exact) mass is 279 g/mol. The predicted octanol–water partition coefficient (Wildman–Crippen LogP) is 2.39. The van der Waals surface area contributed by atoms with Crippen molar-refractivity contribution in [3.05, 3.63) is 34.9 Å². The SMILES string of the molecule is CCC1(C)NC(=O)N(/N=C/c2cccc(Cl)c2)C1=O. The van der Waals surface area contributed by atoms with E-state index in [9.17, 15) is 9.59 Å². The van der Waals surface area contributed by atoms with E-state index < -0.39 is 11.6 Å². The number of hydrogen-bond donors (Lipinski definition) is 1. The number of rotatable bonds is 3. The van der Waals surface area contributed by atoms with Gasteiger partial charge in [0.25, 0.3) is 5.91 Å². The highest BCUT2D eigenvalue weighted by atomic mass is 35.5. The summed E-state index contributed by atoms with van der Waals surface area (Å²) >= 11 is 5.84. The zero-order chi connectivity index (χ0) is 14.0. The highest BCUT2D eigenvalue weighted by Gasteiger charge is 2.46. The molecule has 0 aliphatic carbocycles. The topological polar surface area (TPSA) is 61.8 Å². The van der Waals surface area contributed by atoms with E-state index in [2.05, 4.69) is 10.4 Å². The van der Waals surface area contributed by atoms with E-state index in [-0.39, 0.29) is 5.91 Å². The maximum absolute atomic E-state index is 12.1. The first-order chi connectivity index (χ1) is 8.96. The molecule has 5 nitrogen and oxygen atoms in total. The number of carbonyl (C=O) groups excluding carboxylic acids is 2. The van der Waals surface area contributed by atoms with Gasteiger partial charge >= 0.3 is 6.03 Å². The van der Waals surface area contributed by atoms with Crippen molar-refractivity contribution >= 4 is 29.8 Å². The molecule has 2 rings (SSSR count). The molecule has 3 amide bonds. The van der Waals surface area contributed by atoms with E-state index in [1.54, 1.807) is 31.2 Å². The number of imide groups is 1. The fraction of sp³-hybridized carbons (Fsp3) is 0.308. The molecule has 0 radical (unpaired) electrons. The van der Waals surface area contributed by atoms with Gasteiger partial charge in [-0.05, 0) is 31.0 Å². The lowest BCUT2D eigenvalue weighted by Gasteiger charge is -2.17. The molecule has 1 N–H and O–H groups in total. The minimum Gasteiger partial charge on any atom is -0.322 e. The molecule has 0 bridgehead atoms. The number of benzene rings is 1. The third-order valence-corrected chi connectivity index (χ3v) is 3.35. The van der Waals surface area contributed by atoms with Crippen LogP contribution in [-0.4, -0.2) is 28.7 Å². The van der Waals surface area contributed by atoms with Gasteiger partial charge in [-0.3, -0.25) is 4.79 Å². The van der Waals surface area contributed by atoms with Gasteiger partial charge in [0.15, 0.2) is 0 Å². The van der Waals surface area contributed by atoms with Crippen LogP contribution in [0.2, 0.25) is 5.02 Å². The molecule has 1 atom stereocenters. The lowest BCUT2D eigenvalue weighted by Crippen LogP contribution is -2.42. The molecule has 1 heterocycles. The van der Waals surface area contributed by atoms with Gasteiger partial charge < -0.3 is 5.32 Å². The van der Waals surface area contributed by atoms with Gasteiger partial charge in [-0.15, -0.1) is 5.01 Å². The smallest absolute Gasteiger partial charge is 0.322 e. The number of nitrogens with one attached hydrogen (secondary N) is 1. The molecule has 0 spiro atoms. The summed E-state index contributed by atoms with van der Waals surface area (Å²) < 4.78 is 0. The Morgan fingerprint density at radius 2 is 2.21 bits per heavy atom. The summed E-state index contributed by atoms with van der Waals surface area (Å²) in [4.78, 5) is 23.8. The lowest BCUT2D eigenvalue weighted by molar-refractivity contribution is -0.130. The highest BCUT2D eigenvalue weighted by molar-refractivity contribution is 6.30. The van der Waals surface area contributed by atoms with Crippen molar-refractivity contribution < 1.29 is 9.59 Å². The van der Waals surface area contributed by atoms with E-state index >= 15 is 0 Å². The van der Waals surface area contributed by atoms with E-state index in [1.807, 2.05) is 6.92 Å². The quantitative estimate of drug-likeness (QED) is 0.682. The number of nitrogens with zero attached hydrogens (tertiary/aromatic N) is 2. The van der Waals surface area contributed by atoms with Crippen molar-refractivity contribution in [1.82, 2.24) is 10.3 Å². The second-order valence-electron chi connectivity index (χ2n) is 4.53. The summed E-state index contributed by atoms with van der Waals surface area (Å²) in [5.41, 5.74) is -0.152. The van der Waals surface area contributed by atoms with Crippen LogP contribution in [0.25, 0.3) is 0 Å². The van der Waals surface area contributed by atoms with Crippen molar-refractivity contribution in [2.45, 2.75) is 25.8 Å². The third-order valence-electron chi connectivity index (χ3n) is 3.12. The molecule has 100 valence electrons. The molecule has 1 aliphatic rings. The van der Waals surface area contributed by atoms with E-state index in [0.29, 0.717) is 11.4 Å². The van der Waals surface area contributed by atoms with E-state index in [0.717, 1.165) is 10.6 Å². The zero-order valence-corrected chi connectivity index (χ0v) is 11.4. The number of urea groups is 1. The first-order valence-electron chi connectivity index (χ1n) is 5.92. The fourth-order valence-corrected chi connectivity index (χ4v) is 1.92. The van der Waals surface area contributed by atoms with Crippen LogP contribution in [0.15, 0.2) is 29.4 Å². The molecule has 1 aromatic rings. The number of amides is 3. The van der Waals surface area contributed by atoms with Crippen LogP contribution in [0.1, 0.15) is 25.8 Å². The Balaban J connectivity index is 2.20. The van der Waals surface area contributed by atoms with Gasteiger partial charge in [0.1, 0.15) is 5.54 Å². The van der Waals surface area contributed by atoms with Gasteiger partial charge in [0.05, 0.1) is 6.21 Å². The molecular weight excluding hydrogens is 266 g/mol. The Kier molecular flexibility index (Phi) is 3.57. The first kappa shape index (κ1) is 13.5. The summed E-state index contributed by atoms with van der Waals surface area (Å²) in [5, 5.41) is 7.97. The van der Waals surface area contributed by atoms with Crippen LogP contribution in [0.5, 0.6) is 0 Å². The van der Waals surface area contributed by atoms with Crippen LogP contribution in [0, 0.1) is 0 Å². The van der Waals surface area contributed by atoms with Crippen LogP contribution < -0.4 is 5.32 Å². The number of hydrazone groups is 1. The third kappa shape index (κ3) is 2.61. The molecule has 6 heteroatoms. The first-order valence-corrected chi connectivity index (χ1v) is 6.30. The van der Waals surface area contributed by atoms with Crippen molar-refractivity contribution in [2.75, 3.05) is 0 Å². The maximum Gasteiger partial charge on any atom is 0.346 e. The molecule has 1 fully saturated rings. The second-order valence-corrected chi connectivity index (χ2v) is 4.97. The summed E-state index contributed by atoms with van der Waals surface area (Å²) in [6.45, 7) is 3.52. The summed E-state index contributed by atoms with van der Waals surface area (Å²) in [6, 6.07) is 6.48. The normalized spacial score (nSPS) is 23.2. The molecule has 0 aromatic heterocycles.